The van der Waals surface area contributed by atoms with Gasteiger partial charge in [0, 0.05) is 18.3 Å². The van der Waals surface area contributed by atoms with Crippen molar-refractivity contribution in [3.05, 3.63) is 59.7 Å². The number of amides is 1. The summed E-state index contributed by atoms with van der Waals surface area (Å²) in [5.41, 5.74) is 2.24. The number of nitrogens with one attached hydrogen (secondary N) is 1. The van der Waals surface area contributed by atoms with Crippen LogP contribution in [0.15, 0.2) is 53.4 Å². The van der Waals surface area contributed by atoms with Crippen molar-refractivity contribution >= 4 is 27.4 Å². The first-order valence-electron chi connectivity index (χ1n) is 9.12. The number of rotatable bonds is 8. The lowest BCUT2D eigenvalue weighted by molar-refractivity contribution is -0.116. The number of Topliss-reactive ketones (excluding diaryl/α,β-unsaturated/α-hetero) is 1. The summed E-state index contributed by atoms with van der Waals surface area (Å²) >= 11 is 0. The van der Waals surface area contributed by atoms with Gasteiger partial charge in [-0.3, -0.25) is 9.59 Å². The molecule has 6 nitrogen and oxygen atoms in total. The second-order valence-corrected chi connectivity index (χ2v) is 8.87. The number of carbonyl (C=O) groups excluding carboxylic acids is 2. The maximum absolute atomic E-state index is 12.6. The maximum Gasteiger partial charge on any atom is 0.243 e. The van der Waals surface area contributed by atoms with Crippen LogP contribution in [0.3, 0.4) is 0 Å². The molecule has 0 saturated heterocycles. The first-order valence-corrected chi connectivity index (χ1v) is 10.6. The standard InChI is InChI=1S/C21H26N2O4S/c1-5-15(2)17-6-10-19(11-7-17)22-21(25)14-23(4)28(26,27)20-12-8-18(9-13-20)16(3)24/h6-13,15H,5,14H2,1-4H3,(H,22,25). The Morgan fingerprint density at radius 1 is 1.04 bits per heavy atom. The Labute approximate surface area is 166 Å². The molecule has 2 aromatic rings. The van der Waals surface area contributed by atoms with Crippen LogP contribution in [-0.2, 0) is 14.8 Å². The zero-order chi connectivity index (χ0) is 20.9. The number of sulfonamides is 1. The summed E-state index contributed by atoms with van der Waals surface area (Å²) in [6.45, 7) is 5.35. The predicted octanol–water partition coefficient (Wildman–Crippen LogP) is 3.66. The third-order valence-corrected chi connectivity index (χ3v) is 6.53. The van der Waals surface area contributed by atoms with Crippen molar-refractivity contribution in [3.8, 4) is 0 Å². The largest absolute Gasteiger partial charge is 0.325 e. The first kappa shape index (κ1) is 21.8. The van der Waals surface area contributed by atoms with E-state index in [4.69, 9.17) is 0 Å². The van der Waals surface area contributed by atoms with Crippen molar-refractivity contribution in [2.45, 2.75) is 38.0 Å². The fraction of sp³-hybridized carbons (Fsp3) is 0.333. The van der Waals surface area contributed by atoms with E-state index in [1.807, 2.05) is 24.3 Å². The molecule has 1 atom stereocenters. The summed E-state index contributed by atoms with van der Waals surface area (Å²) < 4.78 is 26.2. The van der Waals surface area contributed by atoms with Gasteiger partial charge in [0.15, 0.2) is 5.78 Å². The average molecular weight is 403 g/mol. The average Bonchev–Trinajstić information content (AvgIpc) is 2.67. The lowest BCUT2D eigenvalue weighted by Gasteiger charge is -2.17. The van der Waals surface area contributed by atoms with E-state index >= 15 is 0 Å². The van der Waals surface area contributed by atoms with Gasteiger partial charge in [-0.05, 0) is 49.1 Å². The quantitative estimate of drug-likeness (QED) is 0.683. The van der Waals surface area contributed by atoms with Crippen LogP contribution in [0.1, 0.15) is 49.0 Å². The van der Waals surface area contributed by atoms with E-state index in [2.05, 4.69) is 19.2 Å². The van der Waals surface area contributed by atoms with Crippen molar-refractivity contribution in [2.24, 2.45) is 0 Å². The highest BCUT2D eigenvalue weighted by Gasteiger charge is 2.23. The number of likely N-dealkylation sites (N-methyl/N-ethyl adjacent to an activating group) is 1. The van der Waals surface area contributed by atoms with Crippen molar-refractivity contribution in [1.29, 1.82) is 0 Å². The van der Waals surface area contributed by atoms with Crippen LogP contribution in [0.4, 0.5) is 5.69 Å². The highest BCUT2D eigenvalue weighted by atomic mass is 32.2. The smallest absolute Gasteiger partial charge is 0.243 e. The minimum absolute atomic E-state index is 0.0331. The summed E-state index contributed by atoms with van der Waals surface area (Å²) in [4.78, 5) is 23.6. The van der Waals surface area contributed by atoms with Gasteiger partial charge in [0.25, 0.3) is 0 Å². The highest BCUT2D eigenvalue weighted by Crippen LogP contribution is 2.21. The molecule has 0 heterocycles. The van der Waals surface area contributed by atoms with Crippen LogP contribution in [0.2, 0.25) is 0 Å². The van der Waals surface area contributed by atoms with Gasteiger partial charge in [-0.25, -0.2) is 8.42 Å². The molecule has 0 bridgehead atoms. The molecule has 2 rings (SSSR count). The van der Waals surface area contributed by atoms with E-state index in [9.17, 15) is 18.0 Å². The lowest BCUT2D eigenvalue weighted by Crippen LogP contribution is -2.35. The molecule has 0 aliphatic carbocycles. The fourth-order valence-corrected chi connectivity index (χ4v) is 3.79. The number of anilines is 1. The van der Waals surface area contributed by atoms with Gasteiger partial charge in [0.2, 0.25) is 15.9 Å². The van der Waals surface area contributed by atoms with Gasteiger partial charge in [0.1, 0.15) is 0 Å². The molecule has 0 aliphatic rings. The number of ketones is 1. The zero-order valence-corrected chi connectivity index (χ0v) is 17.4. The third-order valence-electron chi connectivity index (χ3n) is 4.71. The van der Waals surface area contributed by atoms with Crippen molar-refractivity contribution in [3.63, 3.8) is 0 Å². The van der Waals surface area contributed by atoms with Crippen LogP contribution < -0.4 is 5.32 Å². The molecule has 0 spiro atoms. The van der Waals surface area contributed by atoms with E-state index < -0.39 is 15.9 Å². The monoisotopic (exact) mass is 402 g/mol. The minimum Gasteiger partial charge on any atom is -0.325 e. The Balaban J connectivity index is 2.03. The van der Waals surface area contributed by atoms with Gasteiger partial charge in [0.05, 0.1) is 11.4 Å². The van der Waals surface area contributed by atoms with E-state index in [1.165, 1.54) is 43.8 Å². The topological polar surface area (TPSA) is 83.6 Å². The summed E-state index contributed by atoms with van der Waals surface area (Å²) in [6, 6.07) is 13.2. The van der Waals surface area contributed by atoms with Crippen molar-refractivity contribution in [2.75, 3.05) is 18.9 Å². The Bertz CT molecular complexity index is 935. The molecule has 0 aromatic heterocycles. The summed E-state index contributed by atoms with van der Waals surface area (Å²) in [5.74, 6) is -0.130. The molecular weight excluding hydrogens is 376 g/mol. The molecule has 28 heavy (non-hydrogen) atoms. The number of hydrogen-bond donors (Lipinski definition) is 1. The molecule has 0 radical (unpaired) electrons. The molecule has 7 heteroatoms. The van der Waals surface area contributed by atoms with Gasteiger partial charge in [-0.15, -0.1) is 0 Å². The minimum atomic E-state index is -3.83. The highest BCUT2D eigenvalue weighted by molar-refractivity contribution is 7.89. The summed E-state index contributed by atoms with van der Waals surface area (Å²) in [5, 5.41) is 2.71. The number of carbonyl (C=O) groups is 2. The molecule has 0 fully saturated rings. The second-order valence-electron chi connectivity index (χ2n) is 6.82. The first-order chi connectivity index (χ1) is 13.1. The number of nitrogens with zero attached hydrogens (tertiary/aromatic N) is 1. The maximum atomic E-state index is 12.6. The van der Waals surface area contributed by atoms with E-state index in [0.29, 0.717) is 17.2 Å². The molecule has 1 unspecified atom stereocenters. The normalized spacial score (nSPS) is 12.6. The van der Waals surface area contributed by atoms with Gasteiger partial charge in [-0.2, -0.15) is 4.31 Å². The Morgan fingerprint density at radius 3 is 2.11 bits per heavy atom. The van der Waals surface area contributed by atoms with Crippen LogP contribution in [0.25, 0.3) is 0 Å². The lowest BCUT2D eigenvalue weighted by atomic mass is 9.99. The van der Waals surface area contributed by atoms with E-state index in [0.717, 1.165) is 10.7 Å². The predicted molar refractivity (Wildman–Crippen MR) is 110 cm³/mol. The Kier molecular flexibility index (Phi) is 7.10. The van der Waals surface area contributed by atoms with Crippen LogP contribution in [0, 0.1) is 0 Å². The third kappa shape index (κ3) is 5.27. The van der Waals surface area contributed by atoms with Gasteiger partial charge < -0.3 is 5.32 Å². The second kappa shape index (κ2) is 9.12. The summed E-state index contributed by atoms with van der Waals surface area (Å²) in [7, 11) is -2.48. The van der Waals surface area contributed by atoms with Gasteiger partial charge >= 0.3 is 0 Å². The van der Waals surface area contributed by atoms with Crippen LogP contribution >= 0.6 is 0 Å². The van der Waals surface area contributed by atoms with Gasteiger partial charge in [-0.1, -0.05) is 38.1 Å². The molecule has 0 aliphatic heterocycles. The van der Waals surface area contributed by atoms with Crippen molar-refractivity contribution < 1.29 is 18.0 Å². The zero-order valence-electron chi connectivity index (χ0n) is 16.6. The Hall–Kier alpha value is -2.51. The molecule has 2 aromatic carbocycles. The number of hydrogen-bond acceptors (Lipinski definition) is 4. The summed E-state index contributed by atoms with van der Waals surface area (Å²) in [6.07, 6.45) is 1.03. The molecule has 0 saturated carbocycles. The van der Waals surface area contributed by atoms with Crippen LogP contribution in [-0.4, -0.2) is 38.0 Å². The van der Waals surface area contributed by atoms with E-state index in [1.54, 1.807) is 0 Å². The SMILES string of the molecule is CCC(C)c1ccc(NC(=O)CN(C)S(=O)(=O)c2ccc(C(C)=O)cc2)cc1. The fourth-order valence-electron chi connectivity index (χ4n) is 2.66. The Morgan fingerprint density at radius 2 is 1.61 bits per heavy atom. The molecule has 1 amide bonds. The number of benzene rings is 2. The molecular formula is C21H26N2O4S. The van der Waals surface area contributed by atoms with Crippen molar-refractivity contribution in [1.82, 2.24) is 4.31 Å². The van der Waals surface area contributed by atoms with Crippen LogP contribution in [0.5, 0.6) is 0 Å². The molecule has 150 valence electrons. The molecule has 1 N–H and O–H groups in total. The van der Waals surface area contributed by atoms with E-state index in [-0.39, 0.29) is 17.2 Å².